The van der Waals surface area contributed by atoms with E-state index in [0.29, 0.717) is 6.04 Å². The molecule has 0 bridgehead atoms. The lowest BCUT2D eigenvalue weighted by atomic mass is 10.1. The molecule has 116 valence electrons. The van der Waals surface area contributed by atoms with Gasteiger partial charge in [-0.2, -0.15) is 0 Å². The minimum atomic E-state index is 0.668. The molecule has 1 aromatic rings. The third-order valence-corrected chi connectivity index (χ3v) is 5.01. The Morgan fingerprint density at radius 3 is 2.50 bits per heavy atom. The maximum atomic E-state index is 3.54. The summed E-state index contributed by atoms with van der Waals surface area (Å²) in [5.74, 6) is 0.719. The van der Waals surface area contributed by atoms with E-state index in [1.165, 1.54) is 21.7 Å². The predicted molar refractivity (Wildman–Crippen MR) is 91.4 cm³/mol. The summed E-state index contributed by atoms with van der Waals surface area (Å²) >= 11 is 1.95. The molecule has 0 radical (unpaired) electrons. The Balaban J connectivity index is 2.60. The molecule has 0 aliphatic rings. The van der Waals surface area contributed by atoms with Crippen LogP contribution in [-0.2, 0) is 13.1 Å². The Morgan fingerprint density at radius 2 is 1.95 bits per heavy atom. The zero-order valence-corrected chi connectivity index (χ0v) is 14.9. The highest BCUT2D eigenvalue weighted by Gasteiger charge is 2.13. The highest BCUT2D eigenvalue weighted by molar-refractivity contribution is 7.12. The molecule has 1 N–H and O–H groups in total. The van der Waals surface area contributed by atoms with Crippen LogP contribution < -0.4 is 5.32 Å². The molecule has 0 saturated carbocycles. The summed E-state index contributed by atoms with van der Waals surface area (Å²) in [6, 6.07) is 3.07. The van der Waals surface area contributed by atoms with E-state index < -0.39 is 0 Å². The molecular weight excluding hydrogens is 264 g/mol. The smallest absolute Gasteiger partial charge is 0.0300 e. The van der Waals surface area contributed by atoms with E-state index in [9.17, 15) is 0 Å². The minimum Gasteiger partial charge on any atom is -0.312 e. The van der Waals surface area contributed by atoms with Crippen molar-refractivity contribution in [2.45, 2.75) is 67.1 Å². The maximum Gasteiger partial charge on any atom is 0.0300 e. The van der Waals surface area contributed by atoms with Crippen molar-refractivity contribution in [1.29, 1.82) is 0 Å². The lowest BCUT2D eigenvalue weighted by Crippen LogP contribution is -2.31. The van der Waals surface area contributed by atoms with E-state index >= 15 is 0 Å². The summed E-state index contributed by atoms with van der Waals surface area (Å²) in [5.41, 5.74) is 1.51. The van der Waals surface area contributed by atoms with Crippen LogP contribution in [0.4, 0.5) is 0 Å². The molecule has 1 atom stereocenters. The van der Waals surface area contributed by atoms with Crippen molar-refractivity contribution < 1.29 is 0 Å². The van der Waals surface area contributed by atoms with Gasteiger partial charge < -0.3 is 5.32 Å². The Morgan fingerprint density at radius 1 is 1.25 bits per heavy atom. The second kappa shape index (κ2) is 8.81. The van der Waals surface area contributed by atoms with Crippen molar-refractivity contribution in [3.8, 4) is 0 Å². The van der Waals surface area contributed by atoms with Crippen molar-refractivity contribution in [1.82, 2.24) is 10.2 Å². The van der Waals surface area contributed by atoms with Crippen LogP contribution in [0.15, 0.2) is 6.07 Å². The summed E-state index contributed by atoms with van der Waals surface area (Å²) in [6.45, 7) is 18.0. The van der Waals surface area contributed by atoms with Gasteiger partial charge in [-0.25, -0.2) is 0 Å². The van der Waals surface area contributed by atoms with Crippen molar-refractivity contribution in [3.63, 3.8) is 0 Å². The third kappa shape index (κ3) is 5.55. The Bertz CT molecular complexity index is 384. The van der Waals surface area contributed by atoms with Crippen LogP contribution >= 0.6 is 11.3 Å². The van der Waals surface area contributed by atoms with Crippen LogP contribution in [0.2, 0.25) is 0 Å². The number of nitrogens with one attached hydrogen (secondary N) is 1. The average Bonchev–Trinajstić information content (AvgIpc) is 2.75. The summed E-state index contributed by atoms with van der Waals surface area (Å²) in [7, 11) is 0. The zero-order chi connectivity index (χ0) is 15.1. The maximum absolute atomic E-state index is 3.54. The largest absolute Gasteiger partial charge is 0.312 e. The van der Waals surface area contributed by atoms with Gasteiger partial charge in [0.1, 0.15) is 0 Å². The SMILES string of the molecule is CCC(C)N(CC)Cc1cc(CNCC(C)C)sc1C. The molecule has 0 aliphatic carbocycles. The van der Waals surface area contributed by atoms with Crippen molar-refractivity contribution in [2.75, 3.05) is 13.1 Å². The molecule has 1 unspecified atom stereocenters. The fourth-order valence-corrected chi connectivity index (χ4v) is 3.40. The van der Waals surface area contributed by atoms with Crippen molar-refractivity contribution >= 4 is 11.3 Å². The van der Waals surface area contributed by atoms with Gasteiger partial charge in [-0.3, -0.25) is 4.90 Å². The number of hydrogen-bond acceptors (Lipinski definition) is 3. The Kier molecular flexibility index (Phi) is 7.78. The van der Waals surface area contributed by atoms with Crippen molar-refractivity contribution in [3.05, 3.63) is 21.4 Å². The molecule has 1 aromatic heterocycles. The lowest BCUT2D eigenvalue weighted by Gasteiger charge is -2.26. The molecule has 0 amide bonds. The first-order chi connectivity index (χ1) is 9.47. The van der Waals surface area contributed by atoms with E-state index in [1.807, 2.05) is 11.3 Å². The third-order valence-electron chi connectivity index (χ3n) is 3.92. The summed E-state index contributed by atoms with van der Waals surface area (Å²) in [4.78, 5) is 5.52. The van der Waals surface area contributed by atoms with Gasteiger partial charge in [0.15, 0.2) is 0 Å². The van der Waals surface area contributed by atoms with Gasteiger partial charge in [-0.05, 0) is 50.9 Å². The van der Waals surface area contributed by atoms with Crippen LogP contribution in [-0.4, -0.2) is 24.0 Å². The molecule has 0 spiro atoms. The van der Waals surface area contributed by atoms with Gasteiger partial charge in [-0.1, -0.05) is 27.7 Å². The van der Waals surface area contributed by atoms with Gasteiger partial charge in [-0.15, -0.1) is 11.3 Å². The molecular formula is C17H32N2S. The quantitative estimate of drug-likeness (QED) is 0.725. The minimum absolute atomic E-state index is 0.668. The first-order valence-electron chi connectivity index (χ1n) is 8.00. The zero-order valence-electron chi connectivity index (χ0n) is 14.1. The van der Waals surface area contributed by atoms with Gasteiger partial charge in [0.25, 0.3) is 0 Å². The lowest BCUT2D eigenvalue weighted by molar-refractivity contribution is 0.206. The average molecular weight is 297 g/mol. The van der Waals surface area contributed by atoms with E-state index in [0.717, 1.165) is 32.1 Å². The number of hydrogen-bond donors (Lipinski definition) is 1. The molecule has 3 heteroatoms. The summed E-state index contributed by atoms with van der Waals surface area (Å²) in [6.07, 6.45) is 1.22. The fraction of sp³-hybridized carbons (Fsp3) is 0.765. The first-order valence-corrected chi connectivity index (χ1v) is 8.82. The van der Waals surface area contributed by atoms with Crippen LogP contribution in [0.25, 0.3) is 0 Å². The molecule has 2 nitrogen and oxygen atoms in total. The topological polar surface area (TPSA) is 15.3 Å². The Hall–Kier alpha value is -0.380. The van der Waals surface area contributed by atoms with E-state index in [1.54, 1.807) is 0 Å². The molecule has 1 heterocycles. The molecule has 0 saturated heterocycles. The Labute approximate surface area is 129 Å². The number of thiophene rings is 1. The van der Waals surface area contributed by atoms with Gasteiger partial charge >= 0.3 is 0 Å². The monoisotopic (exact) mass is 296 g/mol. The van der Waals surface area contributed by atoms with Crippen LogP contribution in [0.3, 0.4) is 0 Å². The van der Waals surface area contributed by atoms with E-state index in [4.69, 9.17) is 0 Å². The molecule has 0 aromatic carbocycles. The van der Waals surface area contributed by atoms with E-state index in [-0.39, 0.29) is 0 Å². The second-order valence-corrected chi connectivity index (χ2v) is 7.48. The normalized spacial score (nSPS) is 13.4. The summed E-state index contributed by atoms with van der Waals surface area (Å²) in [5, 5.41) is 3.54. The second-order valence-electron chi connectivity index (χ2n) is 6.14. The predicted octanol–water partition coefficient (Wildman–Crippen LogP) is 4.42. The number of aryl methyl sites for hydroxylation is 1. The van der Waals surface area contributed by atoms with Gasteiger partial charge in [0.2, 0.25) is 0 Å². The van der Waals surface area contributed by atoms with Crippen LogP contribution in [0.1, 0.15) is 56.4 Å². The number of rotatable bonds is 9. The van der Waals surface area contributed by atoms with Gasteiger partial charge in [0, 0.05) is 28.9 Å². The molecule has 0 aliphatic heterocycles. The van der Waals surface area contributed by atoms with Gasteiger partial charge in [0.05, 0.1) is 0 Å². The first kappa shape index (κ1) is 17.7. The molecule has 1 rings (SSSR count). The number of nitrogens with zero attached hydrogens (tertiary/aromatic N) is 1. The van der Waals surface area contributed by atoms with Crippen LogP contribution in [0.5, 0.6) is 0 Å². The molecule has 0 fully saturated rings. The summed E-state index contributed by atoms with van der Waals surface area (Å²) < 4.78 is 0. The standard InChI is InChI=1S/C17H32N2S/c1-7-14(5)19(8-2)12-16-9-17(20-15(16)6)11-18-10-13(3)4/h9,13-14,18H,7-8,10-12H2,1-6H3. The van der Waals surface area contributed by atoms with Crippen LogP contribution in [0, 0.1) is 12.8 Å². The van der Waals surface area contributed by atoms with Crippen molar-refractivity contribution in [2.24, 2.45) is 5.92 Å². The molecule has 20 heavy (non-hydrogen) atoms. The highest BCUT2D eigenvalue weighted by atomic mass is 32.1. The highest BCUT2D eigenvalue weighted by Crippen LogP contribution is 2.24. The fourth-order valence-electron chi connectivity index (χ4n) is 2.37. The van der Waals surface area contributed by atoms with E-state index in [2.05, 4.69) is 57.8 Å².